The summed E-state index contributed by atoms with van der Waals surface area (Å²) in [5, 5.41) is 14.2. The van der Waals surface area contributed by atoms with Crippen LogP contribution in [0.4, 0.5) is 5.69 Å². The van der Waals surface area contributed by atoms with Crippen molar-refractivity contribution in [3.63, 3.8) is 0 Å². The number of rotatable bonds is 12. The summed E-state index contributed by atoms with van der Waals surface area (Å²) in [5.41, 5.74) is 8.02. The lowest BCUT2D eigenvalue weighted by Gasteiger charge is -2.14. The number of ether oxygens (including phenoxy) is 1. The van der Waals surface area contributed by atoms with Gasteiger partial charge in [-0.1, -0.05) is 53.5 Å². The summed E-state index contributed by atoms with van der Waals surface area (Å²) in [6.45, 7) is 2.85. The highest BCUT2D eigenvalue weighted by Crippen LogP contribution is 2.31. The largest absolute Gasteiger partial charge is 0.396 e. The topological polar surface area (TPSA) is 67.5 Å². The van der Waals surface area contributed by atoms with Gasteiger partial charge in [-0.05, 0) is 55.5 Å². The van der Waals surface area contributed by atoms with Crippen LogP contribution in [0.1, 0.15) is 36.5 Å². The molecule has 2 aromatic carbocycles. The predicted octanol–water partition coefficient (Wildman–Crippen LogP) is 4.63. The highest BCUT2D eigenvalue weighted by atomic mass is 35.5. The summed E-state index contributed by atoms with van der Waals surface area (Å²) in [5.74, 6) is 0. The van der Waals surface area contributed by atoms with Crippen LogP contribution in [0, 0.1) is 0 Å². The number of aliphatic hydroxyl groups is 1. The monoisotopic (exact) mass is 410 g/mol. The SMILES string of the molecule is Nc1c(Cl)cc(C(O)CNCCCCCOCCc2ccccc2)cc1Cl. The molecule has 0 saturated carbocycles. The van der Waals surface area contributed by atoms with Crippen molar-refractivity contribution in [1.82, 2.24) is 5.32 Å². The Bertz CT molecular complexity index is 660. The van der Waals surface area contributed by atoms with Crippen LogP contribution in [0.15, 0.2) is 42.5 Å². The number of nitrogens with one attached hydrogen (secondary N) is 1. The van der Waals surface area contributed by atoms with E-state index in [1.54, 1.807) is 12.1 Å². The van der Waals surface area contributed by atoms with Gasteiger partial charge in [-0.2, -0.15) is 0 Å². The molecule has 0 aliphatic carbocycles. The molecule has 0 radical (unpaired) electrons. The molecule has 1 atom stereocenters. The predicted molar refractivity (Wildman–Crippen MR) is 114 cm³/mol. The average Bonchev–Trinajstić information content (AvgIpc) is 2.67. The zero-order chi connectivity index (χ0) is 19.5. The number of anilines is 1. The number of nitrogen functional groups attached to an aromatic ring is 1. The van der Waals surface area contributed by atoms with E-state index in [1.165, 1.54) is 5.56 Å². The van der Waals surface area contributed by atoms with E-state index in [0.29, 0.717) is 27.8 Å². The molecular formula is C21H28Cl2N2O2. The molecule has 0 fully saturated rings. The Morgan fingerprint density at radius 1 is 1.00 bits per heavy atom. The summed E-state index contributed by atoms with van der Waals surface area (Å²) in [6.07, 6.45) is 3.47. The Morgan fingerprint density at radius 3 is 2.41 bits per heavy atom. The molecule has 0 aliphatic heterocycles. The van der Waals surface area contributed by atoms with Crippen LogP contribution >= 0.6 is 23.2 Å². The van der Waals surface area contributed by atoms with Gasteiger partial charge in [0.1, 0.15) is 0 Å². The molecule has 4 nitrogen and oxygen atoms in total. The van der Waals surface area contributed by atoms with Crippen LogP contribution in [0.25, 0.3) is 0 Å². The lowest BCUT2D eigenvalue weighted by molar-refractivity contribution is 0.132. The first-order valence-electron chi connectivity index (χ1n) is 9.33. The molecule has 0 bridgehead atoms. The fourth-order valence-electron chi connectivity index (χ4n) is 2.72. The summed E-state index contributed by atoms with van der Waals surface area (Å²) < 4.78 is 5.68. The number of hydrogen-bond donors (Lipinski definition) is 3. The van der Waals surface area contributed by atoms with E-state index in [4.69, 9.17) is 33.7 Å². The maximum absolute atomic E-state index is 10.2. The number of hydrogen-bond acceptors (Lipinski definition) is 4. The van der Waals surface area contributed by atoms with E-state index in [-0.39, 0.29) is 0 Å². The van der Waals surface area contributed by atoms with Gasteiger partial charge >= 0.3 is 0 Å². The summed E-state index contributed by atoms with van der Waals surface area (Å²) in [6, 6.07) is 13.7. The standard InChI is InChI=1S/C21H28Cl2N2O2/c22-18-13-17(14-19(23)21(18)24)20(26)15-25-10-5-2-6-11-27-12-9-16-7-3-1-4-8-16/h1,3-4,7-8,13-14,20,25-26H,2,5-6,9-12,15,24H2. The maximum atomic E-state index is 10.2. The van der Waals surface area contributed by atoms with Gasteiger partial charge in [-0.3, -0.25) is 0 Å². The van der Waals surface area contributed by atoms with Crippen LogP contribution in [-0.4, -0.2) is 31.4 Å². The molecular weight excluding hydrogens is 383 g/mol. The molecule has 0 spiro atoms. The Balaban J connectivity index is 1.48. The van der Waals surface area contributed by atoms with E-state index in [1.807, 2.05) is 6.07 Å². The Hall–Kier alpha value is -1.30. The number of aliphatic hydroxyl groups excluding tert-OH is 1. The van der Waals surface area contributed by atoms with Gasteiger partial charge in [-0.15, -0.1) is 0 Å². The van der Waals surface area contributed by atoms with Crippen LogP contribution in [0.3, 0.4) is 0 Å². The zero-order valence-corrected chi connectivity index (χ0v) is 17.0. The summed E-state index contributed by atoms with van der Waals surface area (Å²) >= 11 is 12.0. The van der Waals surface area contributed by atoms with Crippen molar-refractivity contribution in [3.05, 3.63) is 63.6 Å². The fourth-order valence-corrected chi connectivity index (χ4v) is 3.22. The number of benzene rings is 2. The first-order valence-corrected chi connectivity index (χ1v) is 10.1. The van der Waals surface area contributed by atoms with E-state index in [2.05, 4.69) is 29.6 Å². The van der Waals surface area contributed by atoms with Crippen molar-refractivity contribution in [2.45, 2.75) is 31.8 Å². The third-order valence-electron chi connectivity index (χ3n) is 4.34. The molecule has 0 aromatic heterocycles. The normalized spacial score (nSPS) is 12.3. The lowest BCUT2D eigenvalue weighted by atomic mass is 10.1. The van der Waals surface area contributed by atoms with Crippen molar-refractivity contribution in [3.8, 4) is 0 Å². The van der Waals surface area contributed by atoms with E-state index >= 15 is 0 Å². The van der Waals surface area contributed by atoms with Gasteiger partial charge in [0.05, 0.1) is 28.4 Å². The van der Waals surface area contributed by atoms with Crippen LogP contribution < -0.4 is 11.1 Å². The fraction of sp³-hybridized carbons (Fsp3) is 0.429. The quantitative estimate of drug-likeness (QED) is 0.352. The minimum absolute atomic E-state index is 0.341. The molecule has 0 amide bonds. The van der Waals surface area contributed by atoms with E-state index < -0.39 is 6.10 Å². The van der Waals surface area contributed by atoms with Crippen molar-refractivity contribution in [2.24, 2.45) is 0 Å². The molecule has 2 aromatic rings. The molecule has 0 aliphatic rings. The van der Waals surface area contributed by atoms with Gasteiger partial charge < -0.3 is 20.9 Å². The Morgan fingerprint density at radius 2 is 1.70 bits per heavy atom. The maximum Gasteiger partial charge on any atom is 0.0915 e. The number of unbranched alkanes of at least 4 members (excludes halogenated alkanes) is 2. The molecule has 148 valence electrons. The molecule has 27 heavy (non-hydrogen) atoms. The third kappa shape index (κ3) is 8.08. The van der Waals surface area contributed by atoms with E-state index in [0.717, 1.165) is 45.4 Å². The smallest absolute Gasteiger partial charge is 0.0915 e. The number of halogens is 2. The van der Waals surface area contributed by atoms with Gasteiger partial charge in [0, 0.05) is 13.2 Å². The molecule has 2 rings (SSSR count). The molecule has 1 unspecified atom stereocenters. The van der Waals surface area contributed by atoms with Gasteiger partial charge in [0.15, 0.2) is 0 Å². The highest BCUT2D eigenvalue weighted by molar-refractivity contribution is 6.38. The molecule has 0 saturated heterocycles. The first-order chi connectivity index (χ1) is 13.1. The van der Waals surface area contributed by atoms with Crippen LogP contribution in [-0.2, 0) is 11.2 Å². The average molecular weight is 411 g/mol. The lowest BCUT2D eigenvalue weighted by Crippen LogP contribution is -2.22. The minimum atomic E-state index is -0.665. The Kier molecular flexibility index (Phi) is 9.95. The van der Waals surface area contributed by atoms with Gasteiger partial charge in [-0.25, -0.2) is 0 Å². The third-order valence-corrected chi connectivity index (χ3v) is 4.97. The molecule has 6 heteroatoms. The van der Waals surface area contributed by atoms with Crippen LogP contribution in [0.5, 0.6) is 0 Å². The molecule has 4 N–H and O–H groups in total. The summed E-state index contributed by atoms with van der Waals surface area (Å²) in [4.78, 5) is 0. The zero-order valence-electron chi connectivity index (χ0n) is 15.5. The van der Waals surface area contributed by atoms with Gasteiger partial charge in [0.25, 0.3) is 0 Å². The van der Waals surface area contributed by atoms with Crippen molar-refractivity contribution in [1.29, 1.82) is 0 Å². The number of nitrogens with two attached hydrogens (primary N) is 1. The first kappa shape index (κ1) is 22.0. The second-order valence-electron chi connectivity index (χ2n) is 6.53. The second kappa shape index (κ2) is 12.2. The Labute approximate surface area is 171 Å². The van der Waals surface area contributed by atoms with Crippen molar-refractivity contribution >= 4 is 28.9 Å². The summed E-state index contributed by atoms with van der Waals surface area (Å²) in [7, 11) is 0. The van der Waals surface area contributed by atoms with Crippen molar-refractivity contribution < 1.29 is 9.84 Å². The highest BCUT2D eigenvalue weighted by Gasteiger charge is 2.11. The minimum Gasteiger partial charge on any atom is -0.396 e. The second-order valence-corrected chi connectivity index (χ2v) is 7.34. The van der Waals surface area contributed by atoms with Crippen LogP contribution in [0.2, 0.25) is 10.0 Å². The molecule has 0 heterocycles. The van der Waals surface area contributed by atoms with E-state index in [9.17, 15) is 5.11 Å². The van der Waals surface area contributed by atoms with Crippen molar-refractivity contribution in [2.75, 3.05) is 32.0 Å². The van der Waals surface area contributed by atoms with Gasteiger partial charge in [0.2, 0.25) is 0 Å².